The first-order valence-electron chi connectivity index (χ1n) is 7.45. The molecule has 0 saturated carbocycles. The Morgan fingerprint density at radius 2 is 2.00 bits per heavy atom. The van der Waals surface area contributed by atoms with Gasteiger partial charge in [-0.2, -0.15) is 0 Å². The van der Waals surface area contributed by atoms with E-state index in [2.05, 4.69) is 21.4 Å². The molecule has 2 aromatic heterocycles. The van der Waals surface area contributed by atoms with Gasteiger partial charge >= 0.3 is 0 Å². The van der Waals surface area contributed by atoms with E-state index < -0.39 is 0 Å². The Morgan fingerprint density at radius 1 is 1.23 bits per heavy atom. The van der Waals surface area contributed by atoms with Gasteiger partial charge in [-0.1, -0.05) is 25.1 Å². The highest BCUT2D eigenvalue weighted by atomic mass is 16.1. The van der Waals surface area contributed by atoms with Gasteiger partial charge in [0.15, 0.2) is 0 Å². The first-order valence-corrected chi connectivity index (χ1v) is 7.45. The standard InChI is InChI=1S/C18H19N3O/c1-13(18(22)21-11-14-6-8-19-9-7-14)10-15-12-20-17-5-3-2-4-16(15)17/h2-9,12-13,20H,10-11H2,1H3,(H,21,22). The van der Waals surface area contributed by atoms with E-state index in [0.717, 1.165) is 17.5 Å². The molecule has 0 spiro atoms. The summed E-state index contributed by atoms with van der Waals surface area (Å²) in [5, 5.41) is 4.17. The van der Waals surface area contributed by atoms with Gasteiger partial charge in [-0.25, -0.2) is 0 Å². The lowest BCUT2D eigenvalue weighted by Gasteiger charge is -2.12. The predicted octanol–water partition coefficient (Wildman–Crippen LogP) is 3.06. The number of nitrogens with zero attached hydrogens (tertiary/aromatic N) is 1. The van der Waals surface area contributed by atoms with Crippen LogP contribution in [0.4, 0.5) is 0 Å². The van der Waals surface area contributed by atoms with Gasteiger partial charge in [0.25, 0.3) is 0 Å². The Morgan fingerprint density at radius 3 is 2.82 bits per heavy atom. The SMILES string of the molecule is CC(Cc1c[nH]c2ccccc12)C(=O)NCc1ccncc1. The number of aromatic nitrogens is 2. The number of hydrogen-bond acceptors (Lipinski definition) is 2. The van der Waals surface area contributed by atoms with Crippen molar-refractivity contribution < 1.29 is 4.79 Å². The van der Waals surface area contributed by atoms with Crippen LogP contribution in [0.15, 0.2) is 55.0 Å². The zero-order valence-electron chi connectivity index (χ0n) is 12.5. The largest absolute Gasteiger partial charge is 0.361 e. The van der Waals surface area contributed by atoms with Gasteiger partial charge in [-0.05, 0) is 35.7 Å². The van der Waals surface area contributed by atoms with Gasteiger partial charge in [0.05, 0.1) is 0 Å². The maximum absolute atomic E-state index is 12.2. The van der Waals surface area contributed by atoms with Gasteiger partial charge in [-0.15, -0.1) is 0 Å². The number of carbonyl (C=O) groups excluding carboxylic acids is 1. The monoisotopic (exact) mass is 293 g/mol. The first-order chi connectivity index (χ1) is 10.7. The summed E-state index contributed by atoms with van der Waals surface area (Å²) in [5.41, 5.74) is 3.35. The highest BCUT2D eigenvalue weighted by Gasteiger charge is 2.15. The Balaban J connectivity index is 1.61. The number of para-hydroxylation sites is 1. The van der Waals surface area contributed by atoms with E-state index in [1.807, 2.05) is 43.5 Å². The van der Waals surface area contributed by atoms with Crippen LogP contribution in [0.2, 0.25) is 0 Å². The lowest BCUT2D eigenvalue weighted by molar-refractivity contribution is -0.124. The average Bonchev–Trinajstić information content (AvgIpc) is 2.97. The molecule has 4 nitrogen and oxygen atoms in total. The first kappa shape index (κ1) is 14.3. The summed E-state index contributed by atoms with van der Waals surface area (Å²) >= 11 is 0. The molecule has 1 aromatic carbocycles. The molecule has 0 saturated heterocycles. The molecule has 2 N–H and O–H groups in total. The molecular formula is C18H19N3O. The quantitative estimate of drug-likeness (QED) is 0.759. The third-order valence-electron chi connectivity index (χ3n) is 3.86. The zero-order chi connectivity index (χ0) is 15.4. The van der Waals surface area contributed by atoms with Crippen molar-refractivity contribution in [3.8, 4) is 0 Å². The smallest absolute Gasteiger partial charge is 0.223 e. The molecule has 3 rings (SSSR count). The van der Waals surface area contributed by atoms with Crippen molar-refractivity contribution >= 4 is 16.8 Å². The Labute approximate surface area is 129 Å². The van der Waals surface area contributed by atoms with E-state index in [1.54, 1.807) is 12.4 Å². The topological polar surface area (TPSA) is 57.8 Å². The summed E-state index contributed by atoms with van der Waals surface area (Å²) in [6, 6.07) is 12.0. The fourth-order valence-electron chi connectivity index (χ4n) is 2.59. The number of amides is 1. The Kier molecular flexibility index (Phi) is 4.19. The number of rotatable bonds is 5. The number of benzene rings is 1. The molecule has 2 heterocycles. The molecule has 0 aliphatic rings. The van der Waals surface area contributed by atoms with E-state index in [4.69, 9.17) is 0 Å². The summed E-state index contributed by atoms with van der Waals surface area (Å²) < 4.78 is 0. The highest BCUT2D eigenvalue weighted by molar-refractivity contribution is 5.84. The fraction of sp³-hybridized carbons (Fsp3) is 0.222. The van der Waals surface area contributed by atoms with Crippen molar-refractivity contribution in [1.82, 2.24) is 15.3 Å². The zero-order valence-corrected chi connectivity index (χ0v) is 12.5. The van der Waals surface area contributed by atoms with E-state index in [1.165, 1.54) is 10.9 Å². The summed E-state index contributed by atoms with van der Waals surface area (Å²) in [5.74, 6) is 0.00290. The number of aromatic amines is 1. The second-order valence-corrected chi connectivity index (χ2v) is 5.54. The predicted molar refractivity (Wildman–Crippen MR) is 87.3 cm³/mol. The number of pyridine rings is 1. The molecular weight excluding hydrogens is 274 g/mol. The maximum Gasteiger partial charge on any atom is 0.223 e. The van der Waals surface area contributed by atoms with Crippen LogP contribution in [0.5, 0.6) is 0 Å². The third-order valence-corrected chi connectivity index (χ3v) is 3.86. The molecule has 1 unspecified atom stereocenters. The number of hydrogen-bond donors (Lipinski definition) is 2. The average molecular weight is 293 g/mol. The van der Waals surface area contributed by atoms with Crippen molar-refractivity contribution in [3.63, 3.8) is 0 Å². The molecule has 1 atom stereocenters. The number of fused-ring (bicyclic) bond motifs is 1. The van der Waals surface area contributed by atoms with Crippen molar-refractivity contribution in [2.75, 3.05) is 0 Å². The summed E-state index contributed by atoms with van der Waals surface area (Å²) in [7, 11) is 0. The van der Waals surface area contributed by atoms with Crippen LogP contribution in [-0.2, 0) is 17.8 Å². The van der Waals surface area contributed by atoms with E-state index in [-0.39, 0.29) is 11.8 Å². The van der Waals surface area contributed by atoms with Crippen LogP contribution in [-0.4, -0.2) is 15.9 Å². The van der Waals surface area contributed by atoms with E-state index in [9.17, 15) is 4.79 Å². The normalized spacial score (nSPS) is 12.2. The molecule has 22 heavy (non-hydrogen) atoms. The molecule has 112 valence electrons. The van der Waals surface area contributed by atoms with Gasteiger partial charge in [-0.3, -0.25) is 9.78 Å². The lowest BCUT2D eigenvalue weighted by Crippen LogP contribution is -2.29. The molecule has 0 radical (unpaired) electrons. The van der Waals surface area contributed by atoms with Gasteiger partial charge in [0.1, 0.15) is 0 Å². The molecule has 4 heteroatoms. The molecule has 1 amide bonds. The van der Waals surface area contributed by atoms with Crippen LogP contribution >= 0.6 is 0 Å². The Bertz CT molecular complexity index is 764. The van der Waals surface area contributed by atoms with Crippen molar-refractivity contribution in [2.45, 2.75) is 19.9 Å². The molecule has 0 aliphatic heterocycles. The second kappa shape index (κ2) is 6.43. The minimum Gasteiger partial charge on any atom is -0.361 e. The molecule has 0 bridgehead atoms. The summed E-state index contributed by atoms with van der Waals surface area (Å²) in [6.45, 7) is 2.50. The van der Waals surface area contributed by atoms with E-state index in [0.29, 0.717) is 6.54 Å². The number of H-pyrrole nitrogens is 1. The maximum atomic E-state index is 12.2. The van der Waals surface area contributed by atoms with Crippen molar-refractivity contribution in [2.24, 2.45) is 5.92 Å². The molecule has 0 aliphatic carbocycles. The fourth-order valence-corrected chi connectivity index (χ4v) is 2.59. The molecule has 0 fully saturated rings. The summed E-state index contributed by atoms with van der Waals surface area (Å²) in [6.07, 6.45) is 6.19. The van der Waals surface area contributed by atoms with Crippen LogP contribution in [0.1, 0.15) is 18.1 Å². The van der Waals surface area contributed by atoms with Crippen LogP contribution in [0, 0.1) is 5.92 Å². The van der Waals surface area contributed by atoms with Crippen LogP contribution in [0.25, 0.3) is 10.9 Å². The lowest BCUT2D eigenvalue weighted by atomic mass is 10.00. The van der Waals surface area contributed by atoms with Gasteiger partial charge in [0.2, 0.25) is 5.91 Å². The highest BCUT2D eigenvalue weighted by Crippen LogP contribution is 2.20. The van der Waals surface area contributed by atoms with Crippen molar-refractivity contribution in [3.05, 3.63) is 66.1 Å². The van der Waals surface area contributed by atoms with Gasteiger partial charge < -0.3 is 10.3 Å². The summed E-state index contributed by atoms with van der Waals surface area (Å²) in [4.78, 5) is 19.5. The third kappa shape index (κ3) is 3.17. The van der Waals surface area contributed by atoms with Gasteiger partial charge in [0, 0.05) is 42.0 Å². The van der Waals surface area contributed by atoms with Crippen molar-refractivity contribution in [1.29, 1.82) is 0 Å². The number of nitrogens with one attached hydrogen (secondary N) is 2. The molecule has 3 aromatic rings. The van der Waals surface area contributed by atoms with E-state index >= 15 is 0 Å². The van der Waals surface area contributed by atoms with Crippen LogP contribution < -0.4 is 5.32 Å². The second-order valence-electron chi connectivity index (χ2n) is 5.54. The number of carbonyl (C=O) groups is 1. The van der Waals surface area contributed by atoms with Crippen LogP contribution in [0.3, 0.4) is 0 Å². The minimum atomic E-state index is -0.0685. The Hall–Kier alpha value is -2.62. The minimum absolute atomic E-state index is 0.0685.